The van der Waals surface area contributed by atoms with Crippen LogP contribution in [-0.2, 0) is 17.8 Å². The fourth-order valence-electron chi connectivity index (χ4n) is 3.88. The van der Waals surface area contributed by atoms with Crippen molar-refractivity contribution in [1.29, 1.82) is 0 Å². The Bertz CT molecular complexity index is 1480. The summed E-state index contributed by atoms with van der Waals surface area (Å²) in [6.07, 6.45) is 2.06. The van der Waals surface area contributed by atoms with Crippen molar-refractivity contribution in [2.75, 3.05) is 7.11 Å². The van der Waals surface area contributed by atoms with Gasteiger partial charge in [-0.2, -0.15) is 0 Å². The lowest BCUT2D eigenvalue weighted by atomic mass is 10.1. The van der Waals surface area contributed by atoms with Crippen LogP contribution < -0.4 is 11.2 Å². The summed E-state index contributed by atoms with van der Waals surface area (Å²) in [6, 6.07) is 12.5. The molecule has 2 aromatic carbocycles. The lowest BCUT2D eigenvalue weighted by molar-refractivity contribution is 0.0599. The van der Waals surface area contributed by atoms with Gasteiger partial charge >= 0.3 is 11.7 Å². The highest BCUT2D eigenvalue weighted by molar-refractivity contribution is 5.91. The van der Waals surface area contributed by atoms with Crippen LogP contribution in [0.25, 0.3) is 16.9 Å². The molecule has 0 atom stereocenters. The third kappa shape index (κ3) is 4.28. The molecule has 0 saturated carbocycles. The minimum Gasteiger partial charge on any atom is -0.465 e. The predicted octanol–water partition coefficient (Wildman–Crippen LogP) is 3.37. The van der Waals surface area contributed by atoms with E-state index in [1.807, 2.05) is 13.8 Å². The third-order valence-electron chi connectivity index (χ3n) is 5.66. The second kappa shape index (κ2) is 9.46. The number of esters is 1. The van der Waals surface area contributed by atoms with E-state index in [2.05, 4.69) is 4.98 Å². The number of ether oxygens (including phenoxy) is 1. The van der Waals surface area contributed by atoms with Gasteiger partial charge in [-0.05, 0) is 42.2 Å². The van der Waals surface area contributed by atoms with Crippen molar-refractivity contribution >= 4 is 17.1 Å². The van der Waals surface area contributed by atoms with Crippen LogP contribution in [0.2, 0.25) is 0 Å². The number of carbonyl (C=O) groups excluding carboxylic acids is 1. The number of rotatable bonds is 7. The highest BCUT2D eigenvalue weighted by Crippen LogP contribution is 2.18. The fraction of sp³-hybridized carbons (Fsp3) is 0.280. The number of benzene rings is 2. The minimum atomic E-state index is -0.580. The van der Waals surface area contributed by atoms with Gasteiger partial charge in [-0.1, -0.05) is 38.1 Å². The van der Waals surface area contributed by atoms with Gasteiger partial charge in [-0.15, -0.1) is 0 Å². The van der Waals surface area contributed by atoms with Gasteiger partial charge in [-0.25, -0.2) is 23.5 Å². The zero-order chi connectivity index (χ0) is 24.4. The number of carbonyl (C=O) groups is 1. The largest absolute Gasteiger partial charge is 0.465 e. The van der Waals surface area contributed by atoms with E-state index in [1.54, 1.807) is 34.9 Å². The molecule has 0 fully saturated rings. The van der Waals surface area contributed by atoms with Gasteiger partial charge in [0, 0.05) is 6.54 Å². The number of imidazole rings is 1. The summed E-state index contributed by atoms with van der Waals surface area (Å²) < 4.78 is 22.9. The molecule has 0 saturated heterocycles. The number of nitrogens with zero attached hydrogens (tertiary/aromatic N) is 4. The van der Waals surface area contributed by atoms with Gasteiger partial charge in [0.05, 0.1) is 31.2 Å². The molecule has 2 aromatic heterocycles. The Labute approximate surface area is 194 Å². The van der Waals surface area contributed by atoms with Crippen molar-refractivity contribution in [3.05, 3.63) is 92.6 Å². The second-order valence-corrected chi connectivity index (χ2v) is 8.43. The molecule has 0 spiro atoms. The normalized spacial score (nSPS) is 11.3. The summed E-state index contributed by atoms with van der Waals surface area (Å²) in [5.74, 6) is -0.739. The number of fused-ring (bicyclic) bond motifs is 1. The van der Waals surface area contributed by atoms with Gasteiger partial charge in [0.2, 0.25) is 0 Å². The highest BCUT2D eigenvalue weighted by atomic mass is 19.1. The Morgan fingerprint density at radius 1 is 1.12 bits per heavy atom. The molecular weight excluding hydrogens is 439 g/mol. The number of hydrogen-bond donors (Lipinski definition) is 0. The molecule has 4 aromatic rings. The monoisotopic (exact) mass is 464 g/mol. The Balaban J connectivity index is 1.96. The topological polar surface area (TPSA) is 88.1 Å². The first-order valence-electron chi connectivity index (χ1n) is 10.9. The maximum Gasteiger partial charge on any atom is 0.338 e. The average molecular weight is 464 g/mol. The van der Waals surface area contributed by atoms with Crippen LogP contribution in [0.15, 0.2) is 64.4 Å². The van der Waals surface area contributed by atoms with Crippen molar-refractivity contribution < 1.29 is 13.9 Å². The minimum absolute atomic E-state index is 0.122. The molecule has 176 valence electrons. The van der Waals surface area contributed by atoms with Crippen LogP contribution in [0.1, 0.15) is 36.2 Å². The summed E-state index contributed by atoms with van der Waals surface area (Å²) in [5.41, 5.74) is 0.513. The van der Waals surface area contributed by atoms with Gasteiger partial charge in [0.15, 0.2) is 11.2 Å². The summed E-state index contributed by atoms with van der Waals surface area (Å²) in [6.45, 7) is 4.37. The highest BCUT2D eigenvalue weighted by Gasteiger charge is 2.21. The molecule has 0 amide bonds. The average Bonchev–Trinajstić information content (AvgIpc) is 3.22. The molecule has 2 heterocycles. The Morgan fingerprint density at radius 3 is 2.59 bits per heavy atom. The van der Waals surface area contributed by atoms with Crippen molar-refractivity contribution in [3.8, 4) is 5.69 Å². The maximum atomic E-state index is 14.0. The van der Waals surface area contributed by atoms with E-state index in [9.17, 15) is 18.8 Å². The molecule has 34 heavy (non-hydrogen) atoms. The van der Waals surface area contributed by atoms with Gasteiger partial charge < -0.3 is 9.30 Å². The zero-order valence-electron chi connectivity index (χ0n) is 19.2. The maximum absolute atomic E-state index is 14.0. The van der Waals surface area contributed by atoms with E-state index in [0.717, 1.165) is 4.57 Å². The van der Waals surface area contributed by atoms with Gasteiger partial charge in [0.1, 0.15) is 5.82 Å². The van der Waals surface area contributed by atoms with Crippen molar-refractivity contribution in [2.24, 2.45) is 5.92 Å². The zero-order valence-corrected chi connectivity index (χ0v) is 19.2. The van der Waals surface area contributed by atoms with E-state index in [0.29, 0.717) is 17.5 Å². The lowest BCUT2D eigenvalue weighted by Crippen LogP contribution is -2.40. The summed E-state index contributed by atoms with van der Waals surface area (Å²) in [7, 11) is 1.30. The predicted molar refractivity (Wildman–Crippen MR) is 126 cm³/mol. The van der Waals surface area contributed by atoms with Gasteiger partial charge in [-0.3, -0.25) is 9.36 Å². The van der Waals surface area contributed by atoms with Crippen molar-refractivity contribution in [1.82, 2.24) is 18.7 Å². The van der Waals surface area contributed by atoms with Crippen LogP contribution in [0.5, 0.6) is 0 Å². The standard InChI is InChI=1S/C25H25FN4O4/c1-16(2)11-12-29-23(31)21-22(30(25(29)33)19-9-6-8-18(26)13-19)27-15-28(21)14-17-7-4-5-10-20(17)24(32)34-3/h4-10,13,15-16H,11-12,14H2,1-3H3. The molecule has 0 aliphatic rings. The molecule has 0 unspecified atom stereocenters. The van der Waals surface area contributed by atoms with Crippen LogP contribution >= 0.6 is 0 Å². The molecule has 0 aliphatic carbocycles. The quantitative estimate of drug-likeness (QED) is 0.392. The molecular formula is C25H25FN4O4. The Morgan fingerprint density at radius 2 is 1.88 bits per heavy atom. The molecule has 8 nitrogen and oxygen atoms in total. The van der Waals surface area contributed by atoms with E-state index in [4.69, 9.17) is 4.74 Å². The van der Waals surface area contributed by atoms with Crippen molar-refractivity contribution in [2.45, 2.75) is 33.4 Å². The first kappa shape index (κ1) is 23.2. The Kier molecular flexibility index (Phi) is 6.45. The number of aromatic nitrogens is 4. The van der Waals surface area contributed by atoms with E-state index in [-0.39, 0.29) is 35.9 Å². The smallest absolute Gasteiger partial charge is 0.338 e. The third-order valence-corrected chi connectivity index (χ3v) is 5.66. The first-order valence-corrected chi connectivity index (χ1v) is 10.9. The second-order valence-electron chi connectivity index (χ2n) is 8.43. The molecule has 4 rings (SSSR count). The number of halogens is 1. The molecule has 0 radical (unpaired) electrons. The van der Waals surface area contributed by atoms with E-state index >= 15 is 0 Å². The lowest BCUT2D eigenvalue weighted by Gasteiger charge is -2.14. The van der Waals surface area contributed by atoms with Crippen LogP contribution in [0.4, 0.5) is 4.39 Å². The van der Waals surface area contributed by atoms with Crippen molar-refractivity contribution in [3.63, 3.8) is 0 Å². The molecule has 0 bridgehead atoms. The SMILES string of the molecule is COC(=O)c1ccccc1Cn1cnc2c1c(=O)n(CCC(C)C)c(=O)n2-c1cccc(F)c1. The first-order chi connectivity index (χ1) is 16.3. The molecule has 9 heteroatoms. The fourth-order valence-corrected chi connectivity index (χ4v) is 3.88. The molecule has 0 aliphatic heterocycles. The number of hydrogen-bond acceptors (Lipinski definition) is 5. The summed E-state index contributed by atoms with van der Waals surface area (Å²) in [4.78, 5) is 43.4. The van der Waals surface area contributed by atoms with Crippen LogP contribution in [0.3, 0.4) is 0 Å². The summed E-state index contributed by atoms with van der Waals surface area (Å²) >= 11 is 0. The van der Waals surface area contributed by atoms with Gasteiger partial charge in [0.25, 0.3) is 5.56 Å². The number of methoxy groups -OCH3 is 1. The summed E-state index contributed by atoms with van der Waals surface area (Å²) in [5, 5.41) is 0. The Hall–Kier alpha value is -4.01. The van der Waals surface area contributed by atoms with E-state index in [1.165, 1.54) is 36.2 Å². The van der Waals surface area contributed by atoms with Crippen LogP contribution in [-0.4, -0.2) is 31.8 Å². The molecule has 0 N–H and O–H groups in total. The van der Waals surface area contributed by atoms with E-state index < -0.39 is 23.0 Å². The van der Waals surface area contributed by atoms with Crippen LogP contribution in [0, 0.1) is 11.7 Å².